The molecular weight excluding hydrogens is 180 g/mol. The summed E-state index contributed by atoms with van der Waals surface area (Å²) in [5, 5.41) is 12.7. The molecule has 0 radical (unpaired) electrons. The molecule has 2 rings (SSSR count). The molecular formula is C10H14N2O2. The third kappa shape index (κ3) is 1.64. The topological polar surface area (TPSA) is 55.1 Å². The van der Waals surface area contributed by atoms with Crippen LogP contribution in [0, 0.1) is 11.8 Å². The van der Waals surface area contributed by atoms with Gasteiger partial charge < -0.3 is 5.11 Å². The fourth-order valence-corrected chi connectivity index (χ4v) is 1.82. The summed E-state index contributed by atoms with van der Waals surface area (Å²) < 4.78 is 1.74. The predicted octanol–water partition coefficient (Wildman–Crippen LogP) is 1.63. The molecule has 1 aromatic heterocycles. The van der Waals surface area contributed by atoms with Gasteiger partial charge in [-0.2, -0.15) is 5.10 Å². The smallest absolute Gasteiger partial charge is 0.338 e. The second kappa shape index (κ2) is 3.44. The van der Waals surface area contributed by atoms with E-state index in [1.807, 2.05) is 0 Å². The molecule has 2 atom stereocenters. The second-order valence-electron chi connectivity index (χ2n) is 4.07. The first-order chi connectivity index (χ1) is 6.66. The third-order valence-corrected chi connectivity index (χ3v) is 3.10. The molecule has 2 unspecified atom stereocenters. The zero-order chi connectivity index (χ0) is 10.1. The van der Waals surface area contributed by atoms with Gasteiger partial charge >= 0.3 is 5.97 Å². The van der Waals surface area contributed by atoms with Gasteiger partial charge in [0.2, 0.25) is 0 Å². The monoisotopic (exact) mass is 194 g/mol. The minimum Gasteiger partial charge on any atom is -0.478 e. The molecule has 76 valence electrons. The summed E-state index contributed by atoms with van der Waals surface area (Å²) in [5.41, 5.74) is 0.275. The molecule has 1 heterocycles. The predicted molar refractivity (Wildman–Crippen MR) is 51.1 cm³/mol. The summed E-state index contributed by atoms with van der Waals surface area (Å²) in [4.78, 5) is 10.6. The fraction of sp³-hybridized carbons (Fsp3) is 0.600. The Labute approximate surface area is 82.5 Å². The highest BCUT2D eigenvalue weighted by Gasteiger charge is 2.27. The van der Waals surface area contributed by atoms with Crippen LogP contribution in [-0.4, -0.2) is 20.9 Å². The van der Waals surface area contributed by atoms with Gasteiger partial charge in [0.1, 0.15) is 0 Å². The summed E-state index contributed by atoms with van der Waals surface area (Å²) in [6, 6.07) is 0. The number of carboxylic acids is 1. The zero-order valence-electron chi connectivity index (χ0n) is 8.18. The average Bonchev–Trinajstić information content (AvgIpc) is 2.60. The van der Waals surface area contributed by atoms with E-state index in [9.17, 15) is 4.79 Å². The van der Waals surface area contributed by atoms with Crippen molar-refractivity contribution in [1.29, 1.82) is 0 Å². The molecule has 0 aliphatic heterocycles. The number of carbonyl (C=O) groups is 1. The van der Waals surface area contributed by atoms with Gasteiger partial charge in [-0.05, 0) is 18.3 Å². The van der Waals surface area contributed by atoms with E-state index in [4.69, 9.17) is 5.11 Å². The van der Waals surface area contributed by atoms with E-state index in [1.165, 1.54) is 19.0 Å². The van der Waals surface area contributed by atoms with Gasteiger partial charge in [0.25, 0.3) is 0 Å². The molecule has 1 fully saturated rings. The van der Waals surface area contributed by atoms with Gasteiger partial charge in [0, 0.05) is 12.7 Å². The number of aromatic carboxylic acids is 1. The minimum absolute atomic E-state index is 0.275. The summed E-state index contributed by atoms with van der Waals surface area (Å²) in [6.45, 7) is 3.09. The lowest BCUT2D eigenvalue weighted by molar-refractivity contribution is 0.0696. The molecule has 4 heteroatoms. The van der Waals surface area contributed by atoms with E-state index in [1.54, 1.807) is 10.9 Å². The molecule has 1 N–H and O–H groups in total. The van der Waals surface area contributed by atoms with Crippen LogP contribution in [0.1, 0.15) is 30.1 Å². The van der Waals surface area contributed by atoms with Gasteiger partial charge in [-0.25, -0.2) is 4.79 Å². The molecule has 1 saturated carbocycles. The normalized spacial score (nSPS) is 25.8. The summed E-state index contributed by atoms with van der Waals surface area (Å²) in [5.74, 6) is 0.530. The van der Waals surface area contributed by atoms with Crippen molar-refractivity contribution in [2.75, 3.05) is 0 Å². The second-order valence-corrected chi connectivity index (χ2v) is 4.07. The molecule has 1 aliphatic carbocycles. The molecule has 14 heavy (non-hydrogen) atoms. The Hall–Kier alpha value is -1.32. The number of carboxylic acid groups (broad SMARTS) is 1. The highest BCUT2D eigenvalue weighted by molar-refractivity contribution is 5.86. The van der Waals surface area contributed by atoms with Crippen LogP contribution in [0.15, 0.2) is 12.4 Å². The first kappa shape index (κ1) is 9.24. The van der Waals surface area contributed by atoms with E-state index in [-0.39, 0.29) is 5.56 Å². The van der Waals surface area contributed by atoms with Crippen LogP contribution in [0.3, 0.4) is 0 Å². The van der Waals surface area contributed by atoms with Gasteiger partial charge in [0.05, 0.1) is 11.8 Å². The molecule has 1 aromatic rings. The SMILES string of the molecule is CC1CCC1Cn1cc(C(=O)O)cn1. The number of aromatic nitrogens is 2. The van der Waals surface area contributed by atoms with Crippen LogP contribution in [0.2, 0.25) is 0 Å². The molecule has 0 bridgehead atoms. The lowest BCUT2D eigenvalue weighted by Crippen LogP contribution is -2.27. The Morgan fingerprint density at radius 3 is 2.93 bits per heavy atom. The summed E-state index contributed by atoms with van der Waals surface area (Å²) >= 11 is 0. The van der Waals surface area contributed by atoms with Crippen molar-refractivity contribution in [2.45, 2.75) is 26.3 Å². The van der Waals surface area contributed by atoms with Gasteiger partial charge in [-0.3, -0.25) is 4.68 Å². The Morgan fingerprint density at radius 2 is 2.50 bits per heavy atom. The van der Waals surface area contributed by atoms with Crippen molar-refractivity contribution in [3.8, 4) is 0 Å². The Balaban J connectivity index is 1.99. The molecule has 4 nitrogen and oxygen atoms in total. The first-order valence-corrected chi connectivity index (χ1v) is 4.92. The maximum atomic E-state index is 10.6. The standard InChI is InChI=1S/C10H14N2O2/c1-7-2-3-8(7)5-12-6-9(4-11-12)10(13)14/h4,6-8H,2-3,5H2,1H3,(H,13,14). The molecule has 0 spiro atoms. The van der Waals surface area contributed by atoms with Crippen molar-refractivity contribution in [3.63, 3.8) is 0 Å². The molecule has 1 aliphatic rings. The maximum absolute atomic E-state index is 10.6. The largest absolute Gasteiger partial charge is 0.478 e. The number of hydrogen-bond acceptors (Lipinski definition) is 2. The zero-order valence-corrected chi connectivity index (χ0v) is 8.18. The first-order valence-electron chi connectivity index (χ1n) is 4.92. The summed E-state index contributed by atoms with van der Waals surface area (Å²) in [7, 11) is 0. The lowest BCUT2D eigenvalue weighted by Gasteiger charge is -2.33. The van der Waals surface area contributed by atoms with Crippen molar-refractivity contribution < 1.29 is 9.90 Å². The van der Waals surface area contributed by atoms with E-state index in [0.717, 1.165) is 12.5 Å². The number of nitrogens with zero attached hydrogens (tertiary/aromatic N) is 2. The lowest BCUT2D eigenvalue weighted by atomic mass is 9.75. The number of hydrogen-bond donors (Lipinski definition) is 1. The van der Waals surface area contributed by atoms with E-state index < -0.39 is 5.97 Å². The van der Waals surface area contributed by atoms with Crippen molar-refractivity contribution in [1.82, 2.24) is 9.78 Å². The van der Waals surface area contributed by atoms with Crippen LogP contribution < -0.4 is 0 Å². The minimum atomic E-state index is -0.905. The van der Waals surface area contributed by atoms with Crippen LogP contribution in [-0.2, 0) is 6.54 Å². The highest BCUT2D eigenvalue weighted by atomic mass is 16.4. The fourth-order valence-electron chi connectivity index (χ4n) is 1.82. The van der Waals surface area contributed by atoms with Crippen LogP contribution in [0.5, 0.6) is 0 Å². The Morgan fingerprint density at radius 1 is 1.71 bits per heavy atom. The van der Waals surface area contributed by atoms with Crippen LogP contribution in [0.4, 0.5) is 0 Å². The van der Waals surface area contributed by atoms with Crippen molar-refractivity contribution in [2.24, 2.45) is 11.8 Å². The Bertz CT molecular complexity index is 346. The summed E-state index contributed by atoms with van der Waals surface area (Å²) in [6.07, 6.45) is 5.54. The average molecular weight is 194 g/mol. The molecule has 0 amide bonds. The van der Waals surface area contributed by atoms with Crippen molar-refractivity contribution in [3.05, 3.63) is 18.0 Å². The molecule has 0 aromatic carbocycles. The quantitative estimate of drug-likeness (QED) is 0.795. The van der Waals surface area contributed by atoms with E-state index >= 15 is 0 Å². The van der Waals surface area contributed by atoms with Crippen LogP contribution >= 0.6 is 0 Å². The van der Waals surface area contributed by atoms with Crippen molar-refractivity contribution >= 4 is 5.97 Å². The Kier molecular flexibility index (Phi) is 2.27. The van der Waals surface area contributed by atoms with Crippen LogP contribution in [0.25, 0.3) is 0 Å². The number of rotatable bonds is 3. The highest BCUT2D eigenvalue weighted by Crippen LogP contribution is 2.34. The van der Waals surface area contributed by atoms with Gasteiger partial charge in [-0.1, -0.05) is 13.3 Å². The molecule has 0 saturated heterocycles. The third-order valence-electron chi connectivity index (χ3n) is 3.10. The maximum Gasteiger partial charge on any atom is 0.338 e. The van der Waals surface area contributed by atoms with E-state index in [0.29, 0.717) is 5.92 Å². The van der Waals surface area contributed by atoms with Gasteiger partial charge in [0.15, 0.2) is 0 Å². The van der Waals surface area contributed by atoms with E-state index in [2.05, 4.69) is 12.0 Å². The van der Waals surface area contributed by atoms with Gasteiger partial charge in [-0.15, -0.1) is 0 Å².